The molecule has 0 bridgehead atoms. The lowest BCUT2D eigenvalue weighted by Gasteiger charge is -2.21. The van der Waals surface area contributed by atoms with Gasteiger partial charge in [0.2, 0.25) is 5.95 Å². The largest absolute Gasteiger partial charge is 0.496 e. The maximum atomic E-state index is 5.36. The molecule has 1 aromatic heterocycles. The second-order valence-corrected chi connectivity index (χ2v) is 6.91. The fraction of sp³-hybridized carbons (Fsp3) is 0.450. The first-order valence-electron chi connectivity index (χ1n) is 9.64. The van der Waals surface area contributed by atoms with Crippen molar-refractivity contribution in [2.75, 3.05) is 48.5 Å². The molecular formula is C20H26N6O. The maximum absolute atomic E-state index is 5.36. The van der Waals surface area contributed by atoms with Crippen molar-refractivity contribution in [2.45, 2.75) is 25.7 Å². The van der Waals surface area contributed by atoms with Gasteiger partial charge in [0, 0.05) is 37.8 Å². The van der Waals surface area contributed by atoms with Crippen LogP contribution in [0.25, 0.3) is 0 Å². The topological polar surface area (TPSA) is 65.9 Å². The predicted molar refractivity (Wildman–Crippen MR) is 109 cm³/mol. The lowest BCUT2D eigenvalue weighted by Crippen LogP contribution is -2.24. The number of nitrogens with one attached hydrogen (secondary N) is 1. The number of aromatic nitrogens is 2. The first-order chi connectivity index (χ1) is 13.3. The number of hydrogen-bond acceptors (Lipinski definition) is 7. The second kappa shape index (κ2) is 8.24. The maximum Gasteiger partial charge on any atom is 0.229 e. The van der Waals surface area contributed by atoms with Crippen LogP contribution in [-0.4, -0.2) is 49.5 Å². The number of ether oxygens (including phenoxy) is 1. The zero-order chi connectivity index (χ0) is 18.5. The summed E-state index contributed by atoms with van der Waals surface area (Å²) in [6, 6.07) is 9.78. The normalized spacial score (nSPS) is 17.1. The Morgan fingerprint density at radius 1 is 1.00 bits per heavy atom. The SMILES string of the molecule is COc1ccccc1C=NNc1cc(N2CCCC2)nc(N2CCCC2)n1. The van der Waals surface area contributed by atoms with Crippen LogP contribution >= 0.6 is 0 Å². The highest BCUT2D eigenvalue weighted by molar-refractivity contribution is 5.83. The van der Waals surface area contributed by atoms with Gasteiger partial charge in [-0.3, -0.25) is 5.43 Å². The molecule has 0 radical (unpaired) electrons. The third-order valence-electron chi connectivity index (χ3n) is 5.04. The average molecular weight is 366 g/mol. The van der Waals surface area contributed by atoms with Gasteiger partial charge in [0.15, 0.2) is 5.82 Å². The van der Waals surface area contributed by atoms with Crippen LogP contribution in [0.3, 0.4) is 0 Å². The summed E-state index contributed by atoms with van der Waals surface area (Å²) in [6.07, 6.45) is 6.60. The van der Waals surface area contributed by atoms with Gasteiger partial charge in [-0.05, 0) is 37.8 Å². The van der Waals surface area contributed by atoms with Gasteiger partial charge in [0.05, 0.1) is 13.3 Å². The zero-order valence-electron chi connectivity index (χ0n) is 15.8. The number of methoxy groups -OCH3 is 1. The summed E-state index contributed by atoms with van der Waals surface area (Å²) >= 11 is 0. The van der Waals surface area contributed by atoms with Crippen LogP contribution in [0.1, 0.15) is 31.2 Å². The average Bonchev–Trinajstić information content (AvgIpc) is 3.42. The van der Waals surface area contributed by atoms with Crippen LogP contribution < -0.4 is 20.0 Å². The van der Waals surface area contributed by atoms with Crippen LogP contribution in [0.15, 0.2) is 35.4 Å². The van der Waals surface area contributed by atoms with Gasteiger partial charge in [0.1, 0.15) is 11.6 Å². The van der Waals surface area contributed by atoms with Crippen LogP contribution in [0.5, 0.6) is 5.75 Å². The fourth-order valence-electron chi connectivity index (χ4n) is 3.59. The Hall–Kier alpha value is -2.83. The van der Waals surface area contributed by atoms with Crippen molar-refractivity contribution in [3.05, 3.63) is 35.9 Å². The molecule has 2 fully saturated rings. The van der Waals surface area contributed by atoms with E-state index in [2.05, 4.69) is 20.3 Å². The highest BCUT2D eigenvalue weighted by atomic mass is 16.5. The van der Waals surface area contributed by atoms with E-state index in [4.69, 9.17) is 14.7 Å². The van der Waals surface area contributed by atoms with Crippen LogP contribution in [-0.2, 0) is 0 Å². The summed E-state index contributed by atoms with van der Waals surface area (Å²) in [6.45, 7) is 4.15. The Morgan fingerprint density at radius 3 is 2.44 bits per heavy atom. The van der Waals surface area contributed by atoms with Crippen molar-refractivity contribution in [1.82, 2.24) is 9.97 Å². The van der Waals surface area contributed by atoms with Gasteiger partial charge in [-0.15, -0.1) is 0 Å². The molecule has 0 saturated carbocycles. The van der Waals surface area contributed by atoms with Crippen LogP contribution in [0.4, 0.5) is 17.6 Å². The summed E-state index contributed by atoms with van der Waals surface area (Å²) in [5, 5.41) is 4.37. The minimum absolute atomic E-state index is 0.722. The number of hydrazone groups is 1. The number of benzene rings is 1. The Balaban J connectivity index is 1.56. The highest BCUT2D eigenvalue weighted by Crippen LogP contribution is 2.25. The minimum atomic E-state index is 0.722. The Labute approximate surface area is 160 Å². The third-order valence-corrected chi connectivity index (χ3v) is 5.04. The lowest BCUT2D eigenvalue weighted by atomic mass is 10.2. The van der Waals surface area contributed by atoms with Gasteiger partial charge < -0.3 is 14.5 Å². The first-order valence-corrected chi connectivity index (χ1v) is 9.64. The molecule has 2 saturated heterocycles. The van der Waals surface area contributed by atoms with Gasteiger partial charge in [0.25, 0.3) is 0 Å². The number of para-hydroxylation sites is 1. The van der Waals surface area contributed by atoms with Gasteiger partial charge in [-0.1, -0.05) is 12.1 Å². The van der Waals surface area contributed by atoms with E-state index in [1.54, 1.807) is 13.3 Å². The minimum Gasteiger partial charge on any atom is -0.496 e. The zero-order valence-corrected chi connectivity index (χ0v) is 15.8. The van der Waals surface area contributed by atoms with Gasteiger partial charge in [-0.25, -0.2) is 0 Å². The van der Waals surface area contributed by atoms with Crippen molar-refractivity contribution in [2.24, 2.45) is 5.10 Å². The molecule has 0 spiro atoms. The molecular weight excluding hydrogens is 340 g/mol. The Morgan fingerprint density at radius 2 is 1.70 bits per heavy atom. The van der Waals surface area contributed by atoms with Crippen molar-refractivity contribution < 1.29 is 4.74 Å². The van der Waals surface area contributed by atoms with Crippen molar-refractivity contribution >= 4 is 23.8 Å². The van der Waals surface area contributed by atoms with E-state index in [1.165, 1.54) is 25.7 Å². The molecule has 2 aliphatic heterocycles. The van der Waals surface area contributed by atoms with E-state index in [1.807, 2.05) is 30.3 Å². The number of nitrogens with zero attached hydrogens (tertiary/aromatic N) is 5. The van der Waals surface area contributed by atoms with Crippen LogP contribution in [0.2, 0.25) is 0 Å². The Bertz CT molecular complexity index is 763. The van der Waals surface area contributed by atoms with E-state index in [0.29, 0.717) is 0 Å². The molecule has 1 N–H and O–H groups in total. The first kappa shape index (κ1) is 17.6. The molecule has 0 unspecified atom stereocenters. The number of hydrogen-bond donors (Lipinski definition) is 1. The predicted octanol–water partition coefficient (Wildman–Crippen LogP) is 3.13. The highest BCUT2D eigenvalue weighted by Gasteiger charge is 2.20. The Kier molecular flexibility index (Phi) is 5.37. The summed E-state index contributed by atoms with van der Waals surface area (Å²) < 4.78 is 5.36. The molecule has 1 aromatic carbocycles. The molecule has 3 heterocycles. The van der Waals surface area contributed by atoms with E-state index >= 15 is 0 Å². The molecule has 4 rings (SSSR count). The van der Waals surface area contributed by atoms with E-state index < -0.39 is 0 Å². The molecule has 0 aliphatic carbocycles. The van der Waals surface area contributed by atoms with E-state index in [0.717, 1.165) is 55.1 Å². The number of rotatable bonds is 6. The molecule has 0 amide bonds. The number of anilines is 3. The molecule has 2 aliphatic rings. The molecule has 2 aromatic rings. The van der Waals surface area contributed by atoms with Crippen molar-refractivity contribution in [1.29, 1.82) is 0 Å². The van der Waals surface area contributed by atoms with E-state index in [9.17, 15) is 0 Å². The fourth-order valence-corrected chi connectivity index (χ4v) is 3.59. The molecule has 27 heavy (non-hydrogen) atoms. The monoisotopic (exact) mass is 366 g/mol. The third kappa shape index (κ3) is 4.13. The van der Waals surface area contributed by atoms with Gasteiger partial charge >= 0.3 is 0 Å². The molecule has 142 valence electrons. The lowest BCUT2D eigenvalue weighted by molar-refractivity contribution is 0.414. The molecule has 7 heteroatoms. The summed E-state index contributed by atoms with van der Waals surface area (Å²) in [5.74, 6) is 3.30. The van der Waals surface area contributed by atoms with Crippen molar-refractivity contribution in [3.8, 4) is 5.75 Å². The summed E-state index contributed by atoms with van der Waals surface area (Å²) in [7, 11) is 1.66. The molecule has 7 nitrogen and oxygen atoms in total. The summed E-state index contributed by atoms with van der Waals surface area (Å²) in [4.78, 5) is 14.1. The van der Waals surface area contributed by atoms with E-state index in [-0.39, 0.29) is 0 Å². The van der Waals surface area contributed by atoms with Crippen LogP contribution in [0, 0.1) is 0 Å². The smallest absolute Gasteiger partial charge is 0.229 e. The van der Waals surface area contributed by atoms with Gasteiger partial charge in [-0.2, -0.15) is 15.1 Å². The van der Waals surface area contributed by atoms with Crippen molar-refractivity contribution in [3.63, 3.8) is 0 Å². The summed E-state index contributed by atoms with van der Waals surface area (Å²) in [5.41, 5.74) is 4.00. The second-order valence-electron chi connectivity index (χ2n) is 6.91. The standard InChI is InChI=1S/C20H26N6O/c1-27-17-9-3-2-8-16(17)15-21-24-18-14-19(25-10-4-5-11-25)23-20(22-18)26-12-6-7-13-26/h2-3,8-9,14-15H,4-7,10-13H2,1H3,(H,22,23,24). The molecule has 0 atom stereocenters. The quantitative estimate of drug-likeness (QED) is 0.626.